The second-order valence-electron chi connectivity index (χ2n) is 12.5. The lowest BCUT2D eigenvalue weighted by molar-refractivity contribution is 0.664. The number of benzene rings is 6. The third kappa shape index (κ3) is 4.54. The predicted molar refractivity (Wildman–Crippen MR) is 203 cm³/mol. The molecular formula is C44H29N5O. The van der Waals surface area contributed by atoms with E-state index in [9.17, 15) is 0 Å². The fourth-order valence-electron chi connectivity index (χ4n) is 7.21. The summed E-state index contributed by atoms with van der Waals surface area (Å²) in [4.78, 5) is 14.9. The first kappa shape index (κ1) is 28.2. The Morgan fingerprint density at radius 3 is 2.10 bits per heavy atom. The largest absolute Gasteiger partial charge is 0.453 e. The smallest absolute Gasteiger partial charge is 0.163 e. The normalized spacial score (nSPS) is 14.6. The molecule has 0 amide bonds. The van der Waals surface area contributed by atoms with Gasteiger partial charge in [-0.2, -0.15) is 0 Å². The molecule has 1 aliphatic heterocycles. The number of nitrogens with one attached hydrogen (secondary N) is 1. The van der Waals surface area contributed by atoms with Crippen molar-refractivity contribution in [3.05, 3.63) is 181 Å². The summed E-state index contributed by atoms with van der Waals surface area (Å²) in [7, 11) is 0. The number of para-hydroxylation sites is 2. The van der Waals surface area contributed by atoms with Gasteiger partial charge in [-0.3, -0.25) is 4.98 Å². The van der Waals surface area contributed by atoms with Gasteiger partial charge in [0.05, 0.1) is 16.6 Å². The van der Waals surface area contributed by atoms with Gasteiger partial charge in [-0.05, 0) is 53.6 Å². The summed E-state index contributed by atoms with van der Waals surface area (Å²) in [6.45, 7) is 0. The summed E-state index contributed by atoms with van der Waals surface area (Å²) in [6.07, 6.45) is 3.36. The zero-order valence-electron chi connectivity index (χ0n) is 26.9. The van der Waals surface area contributed by atoms with Crippen molar-refractivity contribution in [1.82, 2.24) is 14.9 Å². The van der Waals surface area contributed by atoms with E-state index < -0.39 is 0 Å². The summed E-state index contributed by atoms with van der Waals surface area (Å²) in [5, 5.41) is 7.93. The van der Waals surface area contributed by atoms with Crippen LogP contribution in [0.15, 0.2) is 178 Å². The van der Waals surface area contributed by atoms with Crippen LogP contribution < -0.4 is 5.32 Å². The summed E-state index contributed by atoms with van der Waals surface area (Å²) >= 11 is 0. The summed E-state index contributed by atoms with van der Waals surface area (Å²) in [5.74, 6) is 1.36. The summed E-state index contributed by atoms with van der Waals surface area (Å²) in [6, 6.07) is 52.4. The highest BCUT2D eigenvalue weighted by atomic mass is 16.3. The van der Waals surface area contributed by atoms with Crippen LogP contribution in [0.4, 0.5) is 0 Å². The van der Waals surface area contributed by atoms with E-state index in [0.717, 1.165) is 77.7 Å². The average Bonchev–Trinajstić information content (AvgIpc) is 3.75. The van der Waals surface area contributed by atoms with Gasteiger partial charge < -0.3 is 14.3 Å². The molecule has 1 aliphatic rings. The molecule has 236 valence electrons. The van der Waals surface area contributed by atoms with Crippen LogP contribution in [0.3, 0.4) is 0 Å². The molecule has 4 heterocycles. The quantitative estimate of drug-likeness (QED) is 0.203. The van der Waals surface area contributed by atoms with Gasteiger partial charge in [0.15, 0.2) is 11.4 Å². The maximum Gasteiger partial charge on any atom is 0.163 e. The second-order valence-corrected chi connectivity index (χ2v) is 12.5. The van der Waals surface area contributed by atoms with Crippen molar-refractivity contribution < 1.29 is 4.42 Å². The minimum Gasteiger partial charge on any atom is -0.453 e. The number of nitrogens with zero attached hydrogens (tertiary/aromatic N) is 4. The van der Waals surface area contributed by atoms with Crippen LogP contribution in [0.1, 0.15) is 22.9 Å². The van der Waals surface area contributed by atoms with E-state index in [2.05, 4.69) is 118 Å². The minimum absolute atomic E-state index is 0.340. The van der Waals surface area contributed by atoms with Crippen molar-refractivity contribution in [3.8, 4) is 16.8 Å². The number of hydrogen-bond acceptors (Lipinski definition) is 5. The zero-order chi connectivity index (χ0) is 33.0. The van der Waals surface area contributed by atoms with Gasteiger partial charge in [-0.1, -0.05) is 109 Å². The fraction of sp³-hybridized carbons (Fsp3) is 0.0227. The Morgan fingerprint density at radius 1 is 0.580 bits per heavy atom. The molecule has 1 unspecified atom stereocenters. The monoisotopic (exact) mass is 643 g/mol. The van der Waals surface area contributed by atoms with Gasteiger partial charge in [0.25, 0.3) is 0 Å². The van der Waals surface area contributed by atoms with Crippen molar-refractivity contribution in [2.75, 3.05) is 0 Å². The average molecular weight is 644 g/mol. The number of fused-ring (bicyclic) bond motifs is 7. The molecule has 6 heteroatoms. The zero-order valence-corrected chi connectivity index (χ0v) is 26.9. The number of aliphatic imine (C=N–C) groups is 2. The maximum atomic E-state index is 7.11. The molecule has 10 rings (SSSR count). The van der Waals surface area contributed by atoms with E-state index in [1.807, 2.05) is 54.7 Å². The minimum atomic E-state index is -0.340. The molecule has 6 nitrogen and oxygen atoms in total. The lowest BCUT2D eigenvalue weighted by atomic mass is 9.99. The molecule has 0 aliphatic carbocycles. The molecule has 0 fully saturated rings. The number of pyridine rings is 1. The molecule has 0 saturated heterocycles. The number of aromatic nitrogens is 2. The standard InChI is InChI=1S/C44H29N5O/c1-4-13-28(14-5-1)42-46-43(29-15-6-2-7-16-29)48-44(47-42)37-26-31(30-17-12-24-45-27-30)25-36-35-23-22-34-33-20-10-11-21-38(33)49(32-18-8-3-9-19-32)39(34)41(35)50-40(36)37/h1-27,42H,(H,46,47,48). The van der Waals surface area contributed by atoms with E-state index in [1.54, 1.807) is 6.20 Å². The Morgan fingerprint density at radius 2 is 1.30 bits per heavy atom. The molecule has 0 saturated carbocycles. The molecule has 9 aromatic rings. The number of hydrogen-bond donors (Lipinski definition) is 1. The van der Waals surface area contributed by atoms with Gasteiger partial charge in [0, 0.05) is 50.8 Å². The Kier molecular flexibility index (Phi) is 6.45. The number of amidine groups is 2. The van der Waals surface area contributed by atoms with Crippen molar-refractivity contribution >= 4 is 55.4 Å². The molecule has 6 aromatic carbocycles. The highest BCUT2D eigenvalue weighted by molar-refractivity contribution is 6.25. The Hall–Kier alpha value is -6.79. The molecule has 3 aromatic heterocycles. The van der Waals surface area contributed by atoms with E-state index in [0.29, 0.717) is 5.84 Å². The van der Waals surface area contributed by atoms with E-state index >= 15 is 0 Å². The molecule has 0 bridgehead atoms. The third-order valence-electron chi connectivity index (χ3n) is 9.53. The van der Waals surface area contributed by atoms with Gasteiger partial charge in [-0.15, -0.1) is 0 Å². The van der Waals surface area contributed by atoms with E-state index in [1.165, 1.54) is 5.39 Å². The highest BCUT2D eigenvalue weighted by Gasteiger charge is 2.26. The lowest BCUT2D eigenvalue weighted by Crippen LogP contribution is -2.33. The van der Waals surface area contributed by atoms with Crippen LogP contribution in [-0.2, 0) is 0 Å². The Balaban J connectivity index is 1.30. The topological polar surface area (TPSA) is 67.7 Å². The molecule has 1 atom stereocenters. The van der Waals surface area contributed by atoms with Crippen molar-refractivity contribution in [1.29, 1.82) is 0 Å². The van der Waals surface area contributed by atoms with Crippen molar-refractivity contribution in [2.24, 2.45) is 9.98 Å². The highest BCUT2D eigenvalue weighted by Crippen LogP contribution is 2.42. The first-order chi connectivity index (χ1) is 24.8. The van der Waals surface area contributed by atoms with Gasteiger partial charge >= 0.3 is 0 Å². The second kappa shape index (κ2) is 11.4. The first-order valence-electron chi connectivity index (χ1n) is 16.7. The molecular weight excluding hydrogens is 615 g/mol. The van der Waals surface area contributed by atoms with E-state index in [4.69, 9.17) is 14.4 Å². The lowest BCUT2D eigenvalue weighted by Gasteiger charge is -2.23. The van der Waals surface area contributed by atoms with Gasteiger partial charge in [0.2, 0.25) is 0 Å². The Labute approximate surface area is 287 Å². The fourth-order valence-corrected chi connectivity index (χ4v) is 7.21. The molecule has 1 N–H and O–H groups in total. The van der Waals surface area contributed by atoms with E-state index in [-0.39, 0.29) is 6.17 Å². The van der Waals surface area contributed by atoms with Crippen molar-refractivity contribution in [2.45, 2.75) is 6.17 Å². The Bertz CT molecular complexity index is 2770. The van der Waals surface area contributed by atoms with Gasteiger partial charge in [0.1, 0.15) is 17.6 Å². The SMILES string of the molecule is c1ccc(C2=NC(c3cc(-c4cccnc4)cc4c3oc3c4ccc4c5ccccc5n(-c5ccccc5)c43)=NC(c3ccccc3)N2)cc1. The van der Waals surface area contributed by atoms with Crippen LogP contribution in [0, 0.1) is 0 Å². The van der Waals surface area contributed by atoms with Gasteiger partial charge in [-0.25, -0.2) is 9.98 Å². The number of furan rings is 1. The van der Waals surface area contributed by atoms with Crippen molar-refractivity contribution in [3.63, 3.8) is 0 Å². The number of rotatable bonds is 5. The molecule has 0 radical (unpaired) electrons. The molecule has 50 heavy (non-hydrogen) atoms. The van der Waals surface area contributed by atoms with Crippen LogP contribution in [-0.4, -0.2) is 21.2 Å². The first-order valence-corrected chi connectivity index (χ1v) is 16.7. The van der Waals surface area contributed by atoms with Crippen LogP contribution in [0.5, 0.6) is 0 Å². The summed E-state index contributed by atoms with van der Waals surface area (Å²) < 4.78 is 9.42. The van der Waals surface area contributed by atoms with Crippen LogP contribution in [0.25, 0.3) is 60.6 Å². The third-order valence-corrected chi connectivity index (χ3v) is 9.53. The maximum absolute atomic E-state index is 7.11. The van der Waals surface area contributed by atoms with Crippen LogP contribution >= 0.6 is 0 Å². The molecule has 0 spiro atoms. The predicted octanol–water partition coefficient (Wildman–Crippen LogP) is 10.2. The summed E-state index contributed by atoms with van der Waals surface area (Å²) in [5.41, 5.74) is 9.68. The van der Waals surface area contributed by atoms with Crippen LogP contribution in [0.2, 0.25) is 0 Å².